The second kappa shape index (κ2) is 5.62. The Bertz CT molecular complexity index is 483. The Morgan fingerprint density at radius 1 is 1.32 bits per heavy atom. The molecule has 0 atom stereocenters. The van der Waals surface area contributed by atoms with Crippen LogP contribution in [0.1, 0.15) is 31.3 Å². The zero-order valence-corrected chi connectivity index (χ0v) is 14.8. The summed E-state index contributed by atoms with van der Waals surface area (Å²) in [5.41, 5.74) is 0.249. The van der Waals surface area contributed by atoms with E-state index in [1.807, 2.05) is 0 Å². The van der Waals surface area contributed by atoms with Crippen molar-refractivity contribution < 1.29 is 14.0 Å². The van der Waals surface area contributed by atoms with Crippen molar-refractivity contribution in [3.8, 4) is 5.88 Å². The van der Waals surface area contributed by atoms with Crippen LogP contribution in [0.4, 0.5) is 0 Å². The van der Waals surface area contributed by atoms with Crippen LogP contribution < -0.4 is 4.43 Å². The standard InChI is InChI=1S/C13H20BrNO3Si/c1-13(2,3)19(5,6)18-11-9(14)7-8-10(15-11)12(16)17-4/h7-8H,1-6H3. The van der Waals surface area contributed by atoms with Crippen molar-refractivity contribution in [1.29, 1.82) is 0 Å². The molecule has 0 saturated carbocycles. The van der Waals surface area contributed by atoms with Gasteiger partial charge in [0.05, 0.1) is 11.6 Å². The third kappa shape index (κ3) is 3.79. The number of carbonyl (C=O) groups excluding carboxylic acids is 1. The maximum atomic E-state index is 11.5. The maximum Gasteiger partial charge on any atom is 0.356 e. The summed E-state index contributed by atoms with van der Waals surface area (Å²) in [6.45, 7) is 10.7. The monoisotopic (exact) mass is 345 g/mol. The number of halogens is 1. The van der Waals surface area contributed by atoms with Crippen LogP contribution in [0.5, 0.6) is 5.88 Å². The van der Waals surface area contributed by atoms with Crippen molar-refractivity contribution >= 4 is 30.2 Å². The third-order valence-corrected chi connectivity index (χ3v) is 8.29. The highest BCUT2D eigenvalue weighted by molar-refractivity contribution is 9.10. The highest BCUT2D eigenvalue weighted by atomic mass is 79.9. The Hall–Kier alpha value is -0.883. The molecule has 0 saturated heterocycles. The zero-order chi connectivity index (χ0) is 14.8. The largest absolute Gasteiger partial charge is 0.530 e. The van der Waals surface area contributed by atoms with E-state index < -0.39 is 14.3 Å². The van der Waals surface area contributed by atoms with Gasteiger partial charge in [-0.3, -0.25) is 0 Å². The Kier molecular flexibility index (Phi) is 4.79. The van der Waals surface area contributed by atoms with Gasteiger partial charge in [0.1, 0.15) is 0 Å². The molecule has 0 fully saturated rings. The van der Waals surface area contributed by atoms with Crippen LogP contribution >= 0.6 is 15.9 Å². The molecule has 0 aliphatic heterocycles. The van der Waals surface area contributed by atoms with Gasteiger partial charge >= 0.3 is 5.97 Å². The van der Waals surface area contributed by atoms with Crippen LogP contribution in [-0.2, 0) is 4.74 Å². The molecule has 0 unspecified atom stereocenters. The fraction of sp³-hybridized carbons (Fsp3) is 0.538. The predicted molar refractivity (Wildman–Crippen MR) is 81.1 cm³/mol. The molecule has 0 radical (unpaired) electrons. The van der Waals surface area contributed by atoms with Gasteiger partial charge in [-0.2, -0.15) is 0 Å². The van der Waals surface area contributed by atoms with E-state index in [0.29, 0.717) is 5.88 Å². The van der Waals surface area contributed by atoms with E-state index in [9.17, 15) is 4.79 Å². The SMILES string of the molecule is COC(=O)c1ccc(Br)c(O[Si](C)(C)C(C)(C)C)n1. The smallest absolute Gasteiger partial charge is 0.356 e. The second-order valence-electron chi connectivity index (χ2n) is 5.84. The summed E-state index contributed by atoms with van der Waals surface area (Å²) in [6, 6.07) is 3.36. The lowest BCUT2D eigenvalue weighted by atomic mass is 10.2. The average Bonchev–Trinajstić information content (AvgIpc) is 2.29. The third-order valence-electron chi connectivity index (χ3n) is 3.37. The summed E-state index contributed by atoms with van der Waals surface area (Å²) in [6.07, 6.45) is 0. The number of methoxy groups -OCH3 is 1. The minimum atomic E-state index is -1.99. The number of esters is 1. The Labute approximate surface area is 123 Å². The molecule has 0 aliphatic carbocycles. The number of nitrogens with zero attached hydrogens (tertiary/aromatic N) is 1. The van der Waals surface area contributed by atoms with Gasteiger partial charge in [0.15, 0.2) is 5.69 Å². The lowest BCUT2D eigenvalue weighted by Gasteiger charge is -2.36. The van der Waals surface area contributed by atoms with Crippen LogP contribution in [0.15, 0.2) is 16.6 Å². The molecule has 0 aromatic carbocycles. The quantitative estimate of drug-likeness (QED) is 0.613. The summed E-state index contributed by atoms with van der Waals surface area (Å²) in [7, 11) is -0.656. The molecule has 0 spiro atoms. The van der Waals surface area contributed by atoms with Crippen molar-refractivity contribution in [2.45, 2.75) is 38.9 Å². The van der Waals surface area contributed by atoms with Gasteiger partial charge in [-0.25, -0.2) is 9.78 Å². The molecule has 0 amide bonds. The minimum absolute atomic E-state index is 0.0649. The molecule has 1 heterocycles. The molecule has 0 N–H and O–H groups in total. The fourth-order valence-electron chi connectivity index (χ4n) is 1.11. The van der Waals surface area contributed by atoms with Crippen molar-refractivity contribution in [3.63, 3.8) is 0 Å². The first-order valence-corrected chi connectivity index (χ1v) is 9.72. The van der Waals surface area contributed by atoms with Crippen LogP contribution in [0.3, 0.4) is 0 Å². The molecule has 19 heavy (non-hydrogen) atoms. The first-order chi connectivity index (χ1) is 8.58. The van der Waals surface area contributed by atoms with Gasteiger partial charge in [0.25, 0.3) is 8.32 Å². The predicted octanol–water partition coefficient (Wildman–Crippen LogP) is 4.01. The summed E-state index contributed by atoms with van der Waals surface area (Å²) < 4.78 is 11.5. The number of rotatable bonds is 3. The van der Waals surface area contributed by atoms with Gasteiger partial charge < -0.3 is 9.16 Å². The number of carbonyl (C=O) groups is 1. The van der Waals surface area contributed by atoms with E-state index in [1.54, 1.807) is 12.1 Å². The molecule has 4 nitrogen and oxygen atoms in total. The first-order valence-electron chi connectivity index (χ1n) is 6.02. The summed E-state index contributed by atoms with van der Waals surface area (Å²) in [5, 5.41) is 0.0649. The van der Waals surface area contributed by atoms with Crippen LogP contribution in [0.25, 0.3) is 0 Å². The van der Waals surface area contributed by atoms with Crippen molar-refractivity contribution in [1.82, 2.24) is 4.98 Å². The van der Waals surface area contributed by atoms with Gasteiger partial charge in [-0.1, -0.05) is 20.8 Å². The molecule has 106 valence electrons. The van der Waals surface area contributed by atoms with Crippen molar-refractivity contribution in [2.75, 3.05) is 7.11 Å². The molecule has 0 bridgehead atoms. The number of aromatic nitrogens is 1. The van der Waals surface area contributed by atoms with E-state index in [2.05, 4.69) is 59.5 Å². The molecular formula is C13H20BrNO3Si. The highest BCUT2D eigenvalue weighted by Gasteiger charge is 2.39. The fourth-order valence-corrected chi connectivity index (χ4v) is 2.50. The van der Waals surface area contributed by atoms with Crippen LogP contribution in [-0.4, -0.2) is 26.4 Å². The van der Waals surface area contributed by atoms with Gasteiger partial charge in [0, 0.05) is 0 Å². The van der Waals surface area contributed by atoms with E-state index in [1.165, 1.54) is 7.11 Å². The van der Waals surface area contributed by atoms with Crippen molar-refractivity contribution in [3.05, 3.63) is 22.3 Å². The summed E-state index contributed by atoms with van der Waals surface area (Å²) >= 11 is 3.40. The van der Waals surface area contributed by atoms with E-state index in [-0.39, 0.29) is 10.7 Å². The first kappa shape index (κ1) is 16.2. The van der Waals surface area contributed by atoms with E-state index in [0.717, 1.165) is 4.47 Å². The van der Waals surface area contributed by atoms with Gasteiger partial charge in [0.2, 0.25) is 5.88 Å². The molecule has 6 heteroatoms. The molecule has 0 aliphatic rings. The Balaban J connectivity index is 3.11. The number of hydrogen-bond acceptors (Lipinski definition) is 4. The van der Waals surface area contributed by atoms with Crippen LogP contribution in [0.2, 0.25) is 18.1 Å². The number of pyridine rings is 1. The normalized spacial score (nSPS) is 12.2. The van der Waals surface area contributed by atoms with Crippen LogP contribution in [0, 0.1) is 0 Å². The molecule has 1 aromatic rings. The average molecular weight is 346 g/mol. The van der Waals surface area contributed by atoms with Gasteiger partial charge in [-0.05, 0) is 46.2 Å². The zero-order valence-electron chi connectivity index (χ0n) is 12.2. The Morgan fingerprint density at radius 3 is 2.37 bits per heavy atom. The highest BCUT2D eigenvalue weighted by Crippen LogP contribution is 2.38. The van der Waals surface area contributed by atoms with E-state index in [4.69, 9.17) is 4.43 Å². The number of hydrogen-bond donors (Lipinski definition) is 0. The number of ether oxygens (including phenoxy) is 1. The minimum Gasteiger partial charge on any atom is -0.530 e. The van der Waals surface area contributed by atoms with Crippen molar-refractivity contribution in [2.24, 2.45) is 0 Å². The Morgan fingerprint density at radius 2 is 1.89 bits per heavy atom. The molecular weight excluding hydrogens is 326 g/mol. The topological polar surface area (TPSA) is 48.4 Å². The van der Waals surface area contributed by atoms with Gasteiger partial charge in [-0.15, -0.1) is 0 Å². The maximum absolute atomic E-state index is 11.5. The summed E-state index contributed by atoms with van der Waals surface area (Å²) in [5.74, 6) is -0.0120. The second-order valence-corrected chi connectivity index (χ2v) is 11.4. The lowest BCUT2D eigenvalue weighted by Crippen LogP contribution is -2.44. The lowest BCUT2D eigenvalue weighted by molar-refractivity contribution is 0.0593. The van der Waals surface area contributed by atoms with E-state index >= 15 is 0 Å². The molecule has 1 rings (SSSR count). The summed E-state index contributed by atoms with van der Waals surface area (Å²) in [4.78, 5) is 15.7. The molecule has 1 aromatic heterocycles.